The van der Waals surface area contributed by atoms with Gasteiger partial charge in [0.25, 0.3) is 0 Å². The standard InChI is InChI=1S/C15H15ClN2OS/c16-8-14(19)13-10-20-15(17-13)18-7-6-12(9-18)11-4-2-1-3-5-11/h1-5,10,12H,6-9H2. The number of aromatic nitrogens is 1. The molecule has 0 saturated carbocycles. The van der Waals surface area contributed by atoms with Gasteiger partial charge in [0.05, 0.1) is 5.88 Å². The van der Waals surface area contributed by atoms with Gasteiger partial charge in [-0.25, -0.2) is 4.98 Å². The van der Waals surface area contributed by atoms with E-state index in [1.165, 1.54) is 16.9 Å². The minimum absolute atomic E-state index is 0.00415. The number of rotatable bonds is 4. The number of carbonyl (C=O) groups excluding carboxylic acids is 1. The summed E-state index contributed by atoms with van der Waals surface area (Å²) in [5.41, 5.74) is 1.87. The highest BCUT2D eigenvalue weighted by atomic mass is 35.5. The van der Waals surface area contributed by atoms with Crippen molar-refractivity contribution in [3.63, 3.8) is 0 Å². The maximum atomic E-state index is 11.5. The summed E-state index contributed by atoms with van der Waals surface area (Å²) in [5.74, 6) is 0.441. The van der Waals surface area contributed by atoms with E-state index in [9.17, 15) is 4.79 Å². The number of ketones is 1. The number of benzene rings is 1. The van der Waals surface area contributed by atoms with Crippen molar-refractivity contribution >= 4 is 33.9 Å². The zero-order chi connectivity index (χ0) is 13.9. The van der Waals surface area contributed by atoms with Crippen LogP contribution < -0.4 is 4.90 Å². The summed E-state index contributed by atoms with van der Waals surface area (Å²) < 4.78 is 0. The molecule has 3 nitrogen and oxygen atoms in total. The van der Waals surface area contributed by atoms with E-state index in [-0.39, 0.29) is 11.7 Å². The lowest BCUT2D eigenvalue weighted by atomic mass is 9.99. The second-order valence-corrected chi connectivity index (χ2v) is 6.02. The van der Waals surface area contributed by atoms with Crippen molar-refractivity contribution in [1.29, 1.82) is 0 Å². The maximum absolute atomic E-state index is 11.5. The van der Waals surface area contributed by atoms with E-state index in [1.54, 1.807) is 5.38 Å². The highest BCUT2D eigenvalue weighted by molar-refractivity contribution is 7.14. The molecule has 0 aliphatic carbocycles. The van der Waals surface area contributed by atoms with Crippen molar-refractivity contribution in [2.45, 2.75) is 12.3 Å². The molecule has 1 aliphatic heterocycles. The van der Waals surface area contributed by atoms with E-state index >= 15 is 0 Å². The molecule has 2 heterocycles. The molecule has 20 heavy (non-hydrogen) atoms. The van der Waals surface area contributed by atoms with Crippen LogP contribution in [0.5, 0.6) is 0 Å². The molecule has 1 unspecified atom stereocenters. The van der Waals surface area contributed by atoms with Gasteiger partial charge in [-0.3, -0.25) is 4.79 Å². The Morgan fingerprint density at radius 2 is 2.20 bits per heavy atom. The SMILES string of the molecule is O=C(CCl)c1csc(N2CCC(c3ccccc3)C2)n1. The van der Waals surface area contributed by atoms with Crippen LogP contribution in [0.25, 0.3) is 0 Å². The minimum atomic E-state index is -0.104. The smallest absolute Gasteiger partial charge is 0.196 e. The molecule has 5 heteroatoms. The molecule has 1 aromatic heterocycles. The topological polar surface area (TPSA) is 33.2 Å². The van der Waals surface area contributed by atoms with Crippen molar-refractivity contribution < 1.29 is 4.79 Å². The van der Waals surface area contributed by atoms with Gasteiger partial charge in [-0.1, -0.05) is 30.3 Å². The average molecular weight is 307 g/mol. The van der Waals surface area contributed by atoms with Gasteiger partial charge < -0.3 is 4.90 Å². The van der Waals surface area contributed by atoms with Gasteiger partial charge in [-0.15, -0.1) is 22.9 Å². The Balaban J connectivity index is 1.71. The van der Waals surface area contributed by atoms with Crippen LogP contribution >= 0.6 is 22.9 Å². The van der Waals surface area contributed by atoms with Crippen LogP contribution in [0, 0.1) is 0 Å². The third kappa shape index (κ3) is 2.72. The fraction of sp³-hybridized carbons (Fsp3) is 0.333. The third-order valence-corrected chi connectivity index (χ3v) is 4.77. The van der Waals surface area contributed by atoms with Crippen molar-refractivity contribution in [3.8, 4) is 0 Å². The van der Waals surface area contributed by atoms with E-state index in [2.05, 4.69) is 34.1 Å². The number of Topliss-reactive ketones (excluding diaryl/α,β-unsaturated/α-hetero) is 1. The van der Waals surface area contributed by atoms with Crippen LogP contribution in [0.4, 0.5) is 5.13 Å². The summed E-state index contributed by atoms with van der Waals surface area (Å²) in [6, 6.07) is 10.6. The first-order chi connectivity index (χ1) is 9.78. The van der Waals surface area contributed by atoms with Crippen LogP contribution in [0.2, 0.25) is 0 Å². The maximum Gasteiger partial charge on any atom is 0.196 e. The van der Waals surface area contributed by atoms with Gasteiger partial charge in [0.15, 0.2) is 10.9 Å². The average Bonchev–Trinajstić information content (AvgIpc) is 3.16. The van der Waals surface area contributed by atoms with Crippen molar-refractivity contribution in [1.82, 2.24) is 4.98 Å². The molecule has 3 rings (SSSR count). The molecule has 0 radical (unpaired) electrons. The molecule has 0 N–H and O–H groups in total. The van der Waals surface area contributed by atoms with E-state index in [4.69, 9.17) is 11.6 Å². The van der Waals surface area contributed by atoms with Gasteiger partial charge in [0, 0.05) is 24.4 Å². The quantitative estimate of drug-likeness (QED) is 0.639. The lowest BCUT2D eigenvalue weighted by Crippen LogP contribution is -2.19. The molecule has 1 aromatic carbocycles. The Hall–Kier alpha value is -1.39. The zero-order valence-electron chi connectivity index (χ0n) is 11.0. The summed E-state index contributed by atoms with van der Waals surface area (Å²) in [7, 11) is 0. The van der Waals surface area contributed by atoms with Crippen LogP contribution in [-0.4, -0.2) is 29.7 Å². The molecule has 0 bridgehead atoms. The minimum Gasteiger partial charge on any atom is -0.347 e. The lowest BCUT2D eigenvalue weighted by molar-refractivity contribution is 0.101. The first-order valence-corrected chi connectivity index (χ1v) is 8.04. The third-order valence-electron chi connectivity index (χ3n) is 3.63. The second kappa shape index (κ2) is 5.94. The zero-order valence-corrected chi connectivity index (χ0v) is 12.5. The van der Waals surface area contributed by atoms with E-state index in [0.29, 0.717) is 11.6 Å². The molecule has 1 aliphatic rings. The fourth-order valence-electron chi connectivity index (χ4n) is 2.54. The van der Waals surface area contributed by atoms with E-state index < -0.39 is 0 Å². The van der Waals surface area contributed by atoms with E-state index in [1.807, 2.05) is 6.07 Å². The van der Waals surface area contributed by atoms with Crippen LogP contribution in [0.1, 0.15) is 28.4 Å². The largest absolute Gasteiger partial charge is 0.347 e. The predicted molar refractivity (Wildman–Crippen MR) is 83.2 cm³/mol. The van der Waals surface area contributed by atoms with Gasteiger partial charge >= 0.3 is 0 Å². The fourth-order valence-corrected chi connectivity index (χ4v) is 3.54. The predicted octanol–water partition coefficient (Wildman–Crippen LogP) is 3.56. The molecule has 1 atom stereocenters. The molecule has 104 valence electrons. The van der Waals surface area contributed by atoms with Crippen molar-refractivity contribution in [2.75, 3.05) is 23.9 Å². The van der Waals surface area contributed by atoms with Gasteiger partial charge in [-0.2, -0.15) is 0 Å². The molecule has 1 fully saturated rings. The summed E-state index contributed by atoms with van der Waals surface area (Å²) in [4.78, 5) is 18.2. The van der Waals surface area contributed by atoms with Crippen LogP contribution in [0.3, 0.4) is 0 Å². The number of anilines is 1. The number of alkyl halides is 1. The number of hydrogen-bond acceptors (Lipinski definition) is 4. The first kappa shape index (κ1) is 13.6. The molecule has 1 saturated heterocycles. The molecule has 2 aromatic rings. The van der Waals surface area contributed by atoms with Crippen molar-refractivity contribution in [2.24, 2.45) is 0 Å². The number of hydrogen-bond donors (Lipinski definition) is 0. The molecule has 0 spiro atoms. The monoisotopic (exact) mass is 306 g/mol. The highest BCUT2D eigenvalue weighted by Gasteiger charge is 2.26. The van der Waals surface area contributed by atoms with Crippen LogP contribution in [0.15, 0.2) is 35.7 Å². The highest BCUT2D eigenvalue weighted by Crippen LogP contribution is 2.32. The number of nitrogens with zero attached hydrogens (tertiary/aromatic N) is 2. The number of thiazole rings is 1. The Morgan fingerprint density at radius 1 is 1.40 bits per heavy atom. The Kier molecular flexibility index (Phi) is 4.03. The molecular weight excluding hydrogens is 292 g/mol. The molecular formula is C15H15ClN2OS. The summed E-state index contributed by atoms with van der Waals surface area (Å²) in [6.45, 7) is 1.95. The number of carbonyl (C=O) groups is 1. The van der Waals surface area contributed by atoms with Crippen LogP contribution in [-0.2, 0) is 0 Å². The van der Waals surface area contributed by atoms with Gasteiger partial charge in [0.2, 0.25) is 0 Å². The van der Waals surface area contributed by atoms with Gasteiger partial charge in [0.1, 0.15) is 5.69 Å². The van der Waals surface area contributed by atoms with Crippen molar-refractivity contribution in [3.05, 3.63) is 47.0 Å². The Labute approximate surface area is 127 Å². The Bertz CT molecular complexity index is 599. The number of halogens is 1. The Morgan fingerprint density at radius 3 is 2.95 bits per heavy atom. The van der Waals surface area contributed by atoms with E-state index in [0.717, 1.165) is 24.6 Å². The first-order valence-electron chi connectivity index (χ1n) is 6.62. The van der Waals surface area contributed by atoms with Gasteiger partial charge in [-0.05, 0) is 12.0 Å². The second-order valence-electron chi connectivity index (χ2n) is 4.91. The normalized spacial score (nSPS) is 18.4. The summed E-state index contributed by atoms with van der Waals surface area (Å²) in [6.07, 6.45) is 1.13. The summed E-state index contributed by atoms with van der Waals surface area (Å²) in [5, 5.41) is 2.73. The lowest BCUT2D eigenvalue weighted by Gasteiger charge is -2.15. The molecule has 0 amide bonds. The summed E-state index contributed by atoms with van der Waals surface area (Å²) >= 11 is 7.08.